The number of piperidine rings is 1. The van der Waals surface area contributed by atoms with Crippen LogP contribution in [0.15, 0.2) is 69.2 Å². The second kappa shape index (κ2) is 15.7. The molecule has 0 bridgehead atoms. The van der Waals surface area contributed by atoms with Gasteiger partial charge in [0.05, 0.1) is 35.2 Å². The van der Waals surface area contributed by atoms with Gasteiger partial charge in [-0.1, -0.05) is 24.7 Å². The summed E-state index contributed by atoms with van der Waals surface area (Å²) in [6.07, 6.45) is 8.17. The zero-order chi connectivity index (χ0) is 41.8. The van der Waals surface area contributed by atoms with E-state index in [2.05, 4.69) is 37.1 Å². The normalized spacial score (nSPS) is 19.6. The Morgan fingerprint density at radius 1 is 0.967 bits per heavy atom. The summed E-state index contributed by atoms with van der Waals surface area (Å²) in [5.74, 6) is 6.00. The predicted molar refractivity (Wildman–Crippen MR) is 224 cm³/mol. The number of aromatic nitrogens is 5. The summed E-state index contributed by atoms with van der Waals surface area (Å²) in [7, 11) is -2.10. The zero-order valence-corrected chi connectivity index (χ0v) is 34.4. The maximum Gasteiger partial charge on any atom is 0.329 e. The molecule has 2 amide bonds. The number of anilines is 2. The van der Waals surface area contributed by atoms with Crippen LogP contribution < -0.4 is 26.6 Å². The topological polar surface area (TPSA) is 192 Å². The Hall–Kier alpha value is -5.67. The molecule has 2 saturated heterocycles. The third-order valence-electron chi connectivity index (χ3n) is 12.4. The van der Waals surface area contributed by atoms with E-state index in [1.54, 1.807) is 54.2 Å². The number of benzene rings is 2. The second-order valence-corrected chi connectivity index (χ2v) is 18.4. The molecule has 2 saturated carbocycles. The third-order valence-corrected chi connectivity index (χ3v) is 13.9. The Labute approximate surface area is 346 Å². The van der Waals surface area contributed by atoms with Crippen molar-refractivity contribution in [1.82, 2.24) is 38.6 Å². The molecular formula is C43H47N9O7S. The molecule has 1 atom stereocenters. The van der Waals surface area contributed by atoms with Crippen molar-refractivity contribution < 1.29 is 22.7 Å². The number of carbonyl (C=O) groups is 2. The Morgan fingerprint density at radius 2 is 1.77 bits per heavy atom. The van der Waals surface area contributed by atoms with Crippen LogP contribution in [0.4, 0.5) is 11.6 Å². The molecule has 0 radical (unpaired) electrons. The van der Waals surface area contributed by atoms with Crippen LogP contribution in [0.2, 0.25) is 0 Å². The minimum absolute atomic E-state index is 0.0724. The molecule has 1 unspecified atom stereocenters. The van der Waals surface area contributed by atoms with Crippen LogP contribution in [-0.4, -0.2) is 87.7 Å². The highest BCUT2D eigenvalue weighted by Crippen LogP contribution is 2.49. The number of hydrogen-bond acceptors (Lipinski definition) is 11. The highest BCUT2D eigenvalue weighted by Gasteiger charge is 2.52. The molecule has 4 aliphatic rings. The van der Waals surface area contributed by atoms with E-state index in [0.717, 1.165) is 62.6 Å². The maximum absolute atomic E-state index is 13.2. The highest BCUT2D eigenvalue weighted by molar-refractivity contribution is 7.89. The standard InChI is InChI=1S/C43H47N9O7S/c1-27-20-32(11-12-33(27)46-41-44-24-29-10-16-38(54)51(39(29)48-41)30-7-3-4-8-30)60(57,58)45-17-19-59-31-22-43(23-31)25-50(26-43)18-5-6-28-9-13-34-36(21-28)49(2)42(56)52(34)35-14-15-37(53)47-40(35)55/h9-13,16,20-21,24,30-31,35,45H,3-4,7-8,14-15,17-19,22-23,25-26H2,1-2H3,(H,44,46,48)(H,47,53,55). The molecule has 3 N–H and O–H groups in total. The first-order valence-corrected chi connectivity index (χ1v) is 22.0. The molecule has 3 aromatic heterocycles. The summed E-state index contributed by atoms with van der Waals surface area (Å²) < 4.78 is 39.8. The minimum atomic E-state index is -3.77. The van der Waals surface area contributed by atoms with Gasteiger partial charge in [0.15, 0.2) is 0 Å². The van der Waals surface area contributed by atoms with Crippen molar-refractivity contribution in [3.63, 3.8) is 0 Å². The highest BCUT2D eigenvalue weighted by atomic mass is 32.2. The van der Waals surface area contributed by atoms with E-state index >= 15 is 0 Å². The SMILES string of the molecule is Cc1cc(S(=O)(=O)NCCOC2CC3(C2)CN(CC#Cc2ccc4c(c2)n(C)c(=O)n4C2CCC(=O)NC2=O)C3)ccc1Nc1ncc2ccc(=O)n(C3CCCC3)c2n1. The lowest BCUT2D eigenvalue weighted by atomic mass is 9.62. The number of rotatable bonds is 11. The average molecular weight is 834 g/mol. The van der Waals surface area contributed by atoms with Gasteiger partial charge in [-0.15, -0.1) is 0 Å². The Bertz CT molecular complexity index is 2830. The van der Waals surface area contributed by atoms with Gasteiger partial charge in [-0.05, 0) is 87.1 Å². The molecule has 17 heteroatoms. The number of nitrogens with one attached hydrogen (secondary N) is 3. The molecule has 2 aliphatic heterocycles. The van der Waals surface area contributed by atoms with Crippen LogP contribution in [-0.2, 0) is 31.4 Å². The summed E-state index contributed by atoms with van der Waals surface area (Å²) in [4.78, 5) is 61.6. The van der Waals surface area contributed by atoms with Gasteiger partial charge in [-0.2, -0.15) is 4.98 Å². The van der Waals surface area contributed by atoms with Crippen molar-refractivity contribution in [1.29, 1.82) is 0 Å². The van der Waals surface area contributed by atoms with Crippen LogP contribution in [0.3, 0.4) is 0 Å². The Morgan fingerprint density at radius 3 is 2.53 bits per heavy atom. The number of hydrogen-bond donors (Lipinski definition) is 3. The van der Waals surface area contributed by atoms with Crippen molar-refractivity contribution in [3.05, 3.63) is 86.7 Å². The quantitative estimate of drug-likeness (QED) is 0.100. The fourth-order valence-electron chi connectivity index (χ4n) is 9.38. The largest absolute Gasteiger partial charge is 0.377 e. The summed E-state index contributed by atoms with van der Waals surface area (Å²) in [5, 5.41) is 6.33. The first-order chi connectivity index (χ1) is 28.9. The van der Waals surface area contributed by atoms with Gasteiger partial charge in [-0.25, -0.2) is 22.9 Å². The van der Waals surface area contributed by atoms with E-state index in [1.807, 2.05) is 19.1 Å². The van der Waals surface area contributed by atoms with Crippen molar-refractivity contribution in [2.24, 2.45) is 12.5 Å². The molecule has 9 rings (SSSR count). The van der Waals surface area contributed by atoms with Gasteiger partial charge >= 0.3 is 5.69 Å². The van der Waals surface area contributed by atoms with Gasteiger partial charge < -0.3 is 10.1 Å². The van der Waals surface area contributed by atoms with Crippen molar-refractivity contribution >= 4 is 55.5 Å². The molecule has 2 aliphatic carbocycles. The van der Waals surface area contributed by atoms with Gasteiger partial charge in [0.2, 0.25) is 27.8 Å². The number of aryl methyl sites for hydroxylation is 2. The molecule has 2 aromatic carbocycles. The number of ether oxygens (including phenoxy) is 1. The smallest absolute Gasteiger partial charge is 0.329 e. The van der Waals surface area contributed by atoms with Crippen LogP contribution >= 0.6 is 0 Å². The number of imidazole rings is 1. The molecule has 312 valence electrons. The Balaban J connectivity index is 0.721. The fourth-order valence-corrected chi connectivity index (χ4v) is 10.5. The number of imide groups is 1. The number of carbonyl (C=O) groups excluding carboxylic acids is 2. The van der Waals surface area contributed by atoms with E-state index < -0.39 is 22.0 Å². The number of likely N-dealkylation sites (tertiary alicyclic amines) is 1. The van der Waals surface area contributed by atoms with Crippen LogP contribution in [0.5, 0.6) is 0 Å². The Kier molecular flexibility index (Phi) is 10.4. The molecule has 1 spiro atoms. The zero-order valence-electron chi connectivity index (χ0n) is 33.6. The fraction of sp³-hybridized carbons (Fsp3) is 0.442. The summed E-state index contributed by atoms with van der Waals surface area (Å²) in [6, 6.07) is 13.1. The third kappa shape index (κ3) is 7.64. The van der Waals surface area contributed by atoms with Crippen molar-refractivity contribution in [2.75, 3.05) is 38.1 Å². The lowest BCUT2D eigenvalue weighted by molar-refractivity contribution is -0.146. The summed E-state index contributed by atoms with van der Waals surface area (Å²) >= 11 is 0. The van der Waals surface area contributed by atoms with E-state index in [9.17, 15) is 27.6 Å². The molecule has 4 fully saturated rings. The monoisotopic (exact) mass is 833 g/mol. The number of sulfonamides is 1. The number of amides is 2. The van der Waals surface area contributed by atoms with Gasteiger partial charge in [0.1, 0.15) is 11.7 Å². The number of nitrogens with zero attached hydrogens (tertiary/aromatic N) is 6. The summed E-state index contributed by atoms with van der Waals surface area (Å²) in [5.41, 5.74) is 3.86. The van der Waals surface area contributed by atoms with Gasteiger partial charge in [0.25, 0.3) is 5.56 Å². The number of fused-ring (bicyclic) bond motifs is 2. The molecule has 5 heterocycles. The van der Waals surface area contributed by atoms with Crippen LogP contribution in [0.25, 0.3) is 22.1 Å². The van der Waals surface area contributed by atoms with Crippen LogP contribution in [0.1, 0.15) is 74.6 Å². The maximum atomic E-state index is 13.2. The first-order valence-electron chi connectivity index (χ1n) is 20.5. The van der Waals surface area contributed by atoms with E-state index in [-0.39, 0.29) is 65.6 Å². The van der Waals surface area contributed by atoms with E-state index in [4.69, 9.17) is 9.72 Å². The van der Waals surface area contributed by atoms with Gasteiger partial charge in [0, 0.05) is 73.5 Å². The van der Waals surface area contributed by atoms with Crippen LogP contribution in [0, 0.1) is 24.2 Å². The average Bonchev–Trinajstić information content (AvgIpc) is 3.81. The molecule has 5 aromatic rings. The lowest BCUT2D eigenvalue weighted by Crippen LogP contribution is -2.64. The minimum Gasteiger partial charge on any atom is -0.377 e. The summed E-state index contributed by atoms with van der Waals surface area (Å²) in [6.45, 7) is 4.71. The van der Waals surface area contributed by atoms with Crippen molar-refractivity contribution in [3.8, 4) is 11.8 Å². The number of pyridine rings is 1. The molecular weight excluding hydrogens is 787 g/mol. The first kappa shape index (κ1) is 39.8. The predicted octanol–water partition coefficient (Wildman–Crippen LogP) is 3.40. The molecule has 16 nitrogen and oxygen atoms in total. The second-order valence-electron chi connectivity index (χ2n) is 16.7. The van der Waals surface area contributed by atoms with Gasteiger partial charge in [-0.3, -0.25) is 38.3 Å². The van der Waals surface area contributed by atoms with E-state index in [0.29, 0.717) is 40.4 Å². The van der Waals surface area contributed by atoms with Crippen molar-refractivity contribution in [2.45, 2.75) is 81.4 Å². The lowest BCUT2D eigenvalue weighted by Gasteiger charge is -2.58. The molecule has 60 heavy (non-hydrogen) atoms. The van der Waals surface area contributed by atoms with E-state index in [1.165, 1.54) is 9.13 Å².